The van der Waals surface area contributed by atoms with E-state index in [0.29, 0.717) is 19.4 Å². The number of esters is 2. The molecule has 0 aliphatic heterocycles. The zero-order valence-electron chi connectivity index (χ0n) is 15.1. The first kappa shape index (κ1) is 20.9. The van der Waals surface area contributed by atoms with Crippen LogP contribution in [0.4, 0.5) is 0 Å². The number of hydrogen-bond donors (Lipinski definition) is 0. The van der Waals surface area contributed by atoms with Gasteiger partial charge in [0.25, 0.3) is 0 Å². The van der Waals surface area contributed by atoms with E-state index in [1.54, 1.807) is 0 Å². The second-order valence-corrected chi connectivity index (χ2v) is 5.99. The van der Waals surface area contributed by atoms with Crippen molar-refractivity contribution in [1.82, 2.24) is 0 Å². The Kier molecular flexibility index (Phi) is 10.9. The average Bonchev–Trinajstić information content (AvgIpc) is 2.51. The van der Waals surface area contributed by atoms with Crippen LogP contribution in [0.3, 0.4) is 0 Å². The van der Waals surface area contributed by atoms with Crippen molar-refractivity contribution in [3.63, 3.8) is 0 Å². The highest BCUT2D eigenvalue weighted by atomic mass is 16.6. The van der Waals surface area contributed by atoms with Gasteiger partial charge in [-0.1, -0.05) is 47.0 Å². The van der Waals surface area contributed by atoms with Crippen molar-refractivity contribution in [2.24, 2.45) is 5.41 Å². The summed E-state index contributed by atoms with van der Waals surface area (Å²) in [5.41, 5.74) is -1.15. The quantitative estimate of drug-likeness (QED) is 0.299. The Morgan fingerprint density at radius 3 is 2.05 bits per heavy atom. The summed E-state index contributed by atoms with van der Waals surface area (Å²) in [5, 5.41) is 0. The summed E-state index contributed by atoms with van der Waals surface area (Å²) in [6.07, 6.45) is 6.86. The predicted octanol–water partition coefficient (Wildman–Crippen LogP) is 4.65. The lowest BCUT2D eigenvalue weighted by Gasteiger charge is -2.28. The first-order chi connectivity index (χ1) is 10.5. The fraction of sp³-hybridized carbons (Fsp3) is 0.889. The minimum absolute atomic E-state index is 0.152. The zero-order valence-corrected chi connectivity index (χ0v) is 15.1. The molecule has 4 nitrogen and oxygen atoms in total. The number of rotatable bonds is 12. The second kappa shape index (κ2) is 11.5. The van der Waals surface area contributed by atoms with Gasteiger partial charge in [0, 0.05) is 0 Å². The summed E-state index contributed by atoms with van der Waals surface area (Å²) in [4.78, 5) is 24.8. The monoisotopic (exact) mass is 314 g/mol. The highest BCUT2D eigenvalue weighted by Crippen LogP contribution is 2.31. The molecule has 0 aromatic carbocycles. The summed E-state index contributed by atoms with van der Waals surface area (Å²) in [6.45, 7) is 10.0. The van der Waals surface area contributed by atoms with Gasteiger partial charge < -0.3 is 9.47 Å². The topological polar surface area (TPSA) is 52.6 Å². The van der Waals surface area contributed by atoms with Crippen molar-refractivity contribution >= 4 is 11.9 Å². The van der Waals surface area contributed by atoms with Crippen molar-refractivity contribution in [2.45, 2.75) is 92.1 Å². The lowest BCUT2D eigenvalue weighted by Crippen LogP contribution is -2.42. The molecule has 0 aliphatic carbocycles. The number of hydrogen-bond acceptors (Lipinski definition) is 4. The molecular weight excluding hydrogens is 280 g/mol. The Hall–Kier alpha value is -1.06. The molecule has 0 fully saturated rings. The maximum absolute atomic E-state index is 12.5. The van der Waals surface area contributed by atoms with Crippen LogP contribution in [0.25, 0.3) is 0 Å². The molecule has 1 atom stereocenters. The highest BCUT2D eigenvalue weighted by molar-refractivity contribution is 6.00. The lowest BCUT2D eigenvalue weighted by molar-refractivity contribution is -0.176. The normalized spacial score (nSPS) is 12.8. The number of ether oxygens (including phenoxy) is 2. The van der Waals surface area contributed by atoms with Crippen LogP contribution < -0.4 is 0 Å². The maximum Gasteiger partial charge on any atom is 0.323 e. The third-order valence-electron chi connectivity index (χ3n) is 4.20. The summed E-state index contributed by atoms with van der Waals surface area (Å²) in [6, 6.07) is 0. The van der Waals surface area contributed by atoms with Gasteiger partial charge in [-0.3, -0.25) is 9.59 Å². The van der Waals surface area contributed by atoms with Crippen LogP contribution >= 0.6 is 0 Å². The molecule has 0 saturated carbocycles. The molecule has 0 radical (unpaired) electrons. The molecule has 0 bridgehead atoms. The Bertz CT molecular complexity index is 321. The van der Waals surface area contributed by atoms with Gasteiger partial charge in [0.15, 0.2) is 5.41 Å². The van der Waals surface area contributed by atoms with Gasteiger partial charge in [0.1, 0.15) is 0 Å². The number of unbranched alkanes of at least 4 members (excludes halogenated alkanes) is 3. The lowest BCUT2D eigenvalue weighted by atomic mass is 9.82. The van der Waals surface area contributed by atoms with Gasteiger partial charge in [-0.05, 0) is 39.0 Å². The molecule has 0 aromatic heterocycles. The van der Waals surface area contributed by atoms with Gasteiger partial charge in [-0.15, -0.1) is 0 Å². The largest absolute Gasteiger partial charge is 0.465 e. The molecule has 0 aromatic rings. The van der Waals surface area contributed by atoms with Crippen LogP contribution in [0.5, 0.6) is 0 Å². The van der Waals surface area contributed by atoms with E-state index < -0.39 is 17.4 Å². The summed E-state index contributed by atoms with van der Waals surface area (Å²) >= 11 is 0. The highest BCUT2D eigenvalue weighted by Gasteiger charge is 2.46. The molecule has 0 spiro atoms. The van der Waals surface area contributed by atoms with E-state index in [-0.39, 0.29) is 6.10 Å². The molecule has 22 heavy (non-hydrogen) atoms. The molecule has 0 heterocycles. The Morgan fingerprint density at radius 1 is 0.909 bits per heavy atom. The first-order valence-corrected chi connectivity index (χ1v) is 8.86. The van der Waals surface area contributed by atoms with E-state index in [1.165, 1.54) is 12.8 Å². The van der Waals surface area contributed by atoms with E-state index in [4.69, 9.17) is 9.47 Å². The van der Waals surface area contributed by atoms with Gasteiger partial charge in [0.05, 0.1) is 12.7 Å². The smallest absolute Gasteiger partial charge is 0.323 e. The molecule has 0 rings (SSSR count). The van der Waals surface area contributed by atoms with Crippen LogP contribution in [0.2, 0.25) is 0 Å². The fourth-order valence-corrected chi connectivity index (χ4v) is 2.46. The van der Waals surface area contributed by atoms with E-state index in [2.05, 4.69) is 6.92 Å². The first-order valence-electron chi connectivity index (χ1n) is 8.86. The molecule has 0 saturated heterocycles. The molecule has 0 N–H and O–H groups in total. The summed E-state index contributed by atoms with van der Waals surface area (Å²) in [5.74, 6) is -0.871. The second-order valence-electron chi connectivity index (χ2n) is 5.99. The van der Waals surface area contributed by atoms with E-state index in [9.17, 15) is 9.59 Å². The van der Waals surface area contributed by atoms with Crippen LogP contribution in [0.15, 0.2) is 0 Å². The van der Waals surface area contributed by atoms with Gasteiger partial charge >= 0.3 is 11.9 Å². The molecule has 4 heteroatoms. The number of carbonyl (C=O) groups excluding carboxylic acids is 2. The Balaban J connectivity index is 4.61. The van der Waals surface area contributed by atoms with Gasteiger partial charge in [0.2, 0.25) is 0 Å². The van der Waals surface area contributed by atoms with Crippen molar-refractivity contribution in [3.05, 3.63) is 0 Å². The minimum atomic E-state index is -1.15. The summed E-state index contributed by atoms with van der Waals surface area (Å²) < 4.78 is 10.8. The maximum atomic E-state index is 12.5. The van der Waals surface area contributed by atoms with Crippen LogP contribution in [0.1, 0.15) is 86.0 Å². The average molecular weight is 314 g/mol. The predicted molar refractivity (Wildman–Crippen MR) is 88.6 cm³/mol. The molecule has 0 amide bonds. The minimum Gasteiger partial charge on any atom is -0.465 e. The standard InChI is InChI=1S/C18H34O4/c1-6-10-11-12-13-15(5)22-17(20)18(8-3,9-4)16(19)21-14-7-2/h15H,6-14H2,1-5H3. The van der Waals surface area contributed by atoms with Crippen molar-refractivity contribution in [1.29, 1.82) is 0 Å². The number of carbonyl (C=O) groups is 2. The van der Waals surface area contributed by atoms with Crippen molar-refractivity contribution < 1.29 is 19.1 Å². The van der Waals surface area contributed by atoms with Crippen LogP contribution in [0, 0.1) is 5.41 Å². The SMILES string of the molecule is CCCCCCC(C)OC(=O)C(CC)(CC)C(=O)OCCC. The summed E-state index contributed by atoms with van der Waals surface area (Å²) in [7, 11) is 0. The van der Waals surface area contributed by atoms with Crippen molar-refractivity contribution in [3.8, 4) is 0 Å². The van der Waals surface area contributed by atoms with E-state index in [0.717, 1.165) is 25.7 Å². The van der Waals surface area contributed by atoms with E-state index in [1.807, 2.05) is 27.7 Å². The van der Waals surface area contributed by atoms with Gasteiger partial charge in [-0.2, -0.15) is 0 Å². The van der Waals surface area contributed by atoms with Crippen LogP contribution in [-0.4, -0.2) is 24.6 Å². The van der Waals surface area contributed by atoms with Crippen LogP contribution in [-0.2, 0) is 19.1 Å². The Labute approximate surface area is 135 Å². The van der Waals surface area contributed by atoms with E-state index >= 15 is 0 Å². The van der Waals surface area contributed by atoms with Crippen molar-refractivity contribution in [2.75, 3.05) is 6.61 Å². The molecule has 130 valence electrons. The van der Waals surface area contributed by atoms with Gasteiger partial charge in [-0.25, -0.2) is 0 Å². The Morgan fingerprint density at radius 2 is 1.55 bits per heavy atom. The molecule has 1 unspecified atom stereocenters. The molecular formula is C18H34O4. The zero-order chi connectivity index (χ0) is 17.0. The third kappa shape index (κ3) is 6.37. The third-order valence-corrected chi connectivity index (χ3v) is 4.20. The molecule has 0 aliphatic rings. The fourth-order valence-electron chi connectivity index (χ4n) is 2.46.